The van der Waals surface area contributed by atoms with Gasteiger partial charge in [-0.25, -0.2) is 4.98 Å². The molecule has 5 heteroatoms. The van der Waals surface area contributed by atoms with Crippen LogP contribution in [-0.4, -0.2) is 23.6 Å². The molecule has 0 atom stereocenters. The number of nitrogens with one attached hydrogen (secondary N) is 2. The Bertz CT molecular complexity index is 862. The fourth-order valence-electron chi connectivity index (χ4n) is 2.69. The third-order valence-electron chi connectivity index (χ3n) is 4.00. The van der Waals surface area contributed by atoms with Crippen LogP contribution in [0.25, 0.3) is 0 Å². The van der Waals surface area contributed by atoms with Crippen molar-refractivity contribution in [1.82, 2.24) is 9.97 Å². The minimum atomic E-state index is 0.633. The largest absolute Gasteiger partial charge is 0.497 e. The van der Waals surface area contributed by atoms with Gasteiger partial charge in [0.1, 0.15) is 11.6 Å². The molecule has 2 aromatic carbocycles. The molecule has 0 radical (unpaired) electrons. The number of nitrogens with zero attached hydrogens (tertiary/aromatic N) is 2. The highest BCUT2D eigenvalue weighted by atomic mass is 16.5. The molecule has 3 aromatic rings. The first-order valence-electron chi connectivity index (χ1n) is 8.68. The number of rotatable bonds is 7. The summed E-state index contributed by atoms with van der Waals surface area (Å²) in [5.74, 6) is 2.29. The van der Waals surface area contributed by atoms with Crippen molar-refractivity contribution in [1.29, 1.82) is 0 Å². The highest BCUT2D eigenvalue weighted by Crippen LogP contribution is 2.18. The summed E-state index contributed by atoms with van der Waals surface area (Å²) >= 11 is 0. The molecule has 0 aliphatic carbocycles. The van der Waals surface area contributed by atoms with Gasteiger partial charge in [-0.3, -0.25) is 0 Å². The second-order valence-electron chi connectivity index (χ2n) is 6.24. The molecule has 134 valence electrons. The van der Waals surface area contributed by atoms with Crippen LogP contribution in [-0.2, 0) is 6.42 Å². The second kappa shape index (κ2) is 8.34. The predicted octanol–water partition coefficient (Wildman–Crippen LogP) is 4.50. The van der Waals surface area contributed by atoms with Crippen molar-refractivity contribution in [3.63, 3.8) is 0 Å². The standard InChI is InChI=1S/C21H24N4O/c1-15-5-4-6-18(13-15)24-20-14-16(2)23-21(25-20)22-12-11-17-7-9-19(26-3)10-8-17/h4-10,13-14H,11-12H2,1-3H3,(H2,22,23,24,25). The molecule has 1 heterocycles. The fraction of sp³-hybridized carbons (Fsp3) is 0.238. The van der Waals surface area contributed by atoms with E-state index in [9.17, 15) is 0 Å². The molecule has 0 aliphatic rings. The monoisotopic (exact) mass is 348 g/mol. The molecule has 5 nitrogen and oxygen atoms in total. The van der Waals surface area contributed by atoms with E-state index in [1.807, 2.05) is 37.3 Å². The van der Waals surface area contributed by atoms with Gasteiger partial charge in [0.25, 0.3) is 0 Å². The van der Waals surface area contributed by atoms with Gasteiger partial charge >= 0.3 is 0 Å². The third kappa shape index (κ3) is 4.96. The smallest absolute Gasteiger partial charge is 0.224 e. The average molecular weight is 348 g/mol. The Kier molecular flexibility index (Phi) is 5.69. The fourth-order valence-corrected chi connectivity index (χ4v) is 2.69. The number of hydrogen-bond acceptors (Lipinski definition) is 5. The summed E-state index contributed by atoms with van der Waals surface area (Å²) in [5, 5.41) is 6.65. The van der Waals surface area contributed by atoms with Gasteiger partial charge in [-0.1, -0.05) is 24.3 Å². The molecule has 0 saturated carbocycles. The summed E-state index contributed by atoms with van der Waals surface area (Å²) in [6.45, 7) is 4.81. The first kappa shape index (κ1) is 17.7. The van der Waals surface area contributed by atoms with Crippen molar-refractivity contribution in [2.45, 2.75) is 20.3 Å². The van der Waals surface area contributed by atoms with Crippen LogP contribution in [0.4, 0.5) is 17.5 Å². The van der Waals surface area contributed by atoms with E-state index in [0.29, 0.717) is 5.95 Å². The number of aromatic nitrogens is 2. The van der Waals surface area contributed by atoms with E-state index in [2.05, 4.69) is 51.8 Å². The van der Waals surface area contributed by atoms with E-state index >= 15 is 0 Å². The lowest BCUT2D eigenvalue weighted by molar-refractivity contribution is 0.414. The number of methoxy groups -OCH3 is 1. The SMILES string of the molecule is COc1ccc(CCNc2nc(C)cc(Nc3cccc(C)c3)n2)cc1. The Hall–Kier alpha value is -3.08. The van der Waals surface area contributed by atoms with E-state index in [1.165, 1.54) is 11.1 Å². The average Bonchev–Trinajstić information content (AvgIpc) is 2.62. The molecule has 1 aromatic heterocycles. The van der Waals surface area contributed by atoms with Crippen LogP contribution >= 0.6 is 0 Å². The number of ether oxygens (including phenoxy) is 1. The summed E-state index contributed by atoms with van der Waals surface area (Å²) in [6.07, 6.45) is 0.891. The number of anilines is 3. The minimum absolute atomic E-state index is 0.633. The van der Waals surface area contributed by atoms with E-state index in [0.717, 1.165) is 35.9 Å². The maximum Gasteiger partial charge on any atom is 0.224 e. The molecule has 26 heavy (non-hydrogen) atoms. The predicted molar refractivity (Wildman–Crippen MR) is 106 cm³/mol. The molecular weight excluding hydrogens is 324 g/mol. The Morgan fingerprint density at radius 3 is 2.50 bits per heavy atom. The Morgan fingerprint density at radius 2 is 1.77 bits per heavy atom. The van der Waals surface area contributed by atoms with E-state index in [-0.39, 0.29) is 0 Å². The Labute approximate surface area is 154 Å². The van der Waals surface area contributed by atoms with Gasteiger partial charge in [-0.2, -0.15) is 4.98 Å². The Balaban J connectivity index is 1.61. The van der Waals surface area contributed by atoms with Crippen LogP contribution in [0, 0.1) is 13.8 Å². The minimum Gasteiger partial charge on any atom is -0.497 e. The van der Waals surface area contributed by atoms with Crippen molar-refractivity contribution in [3.05, 3.63) is 71.4 Å². The molecule has 0 fully saturated rings. The first-order chi connectivity index (χ1) is 12.6. The highest BCUT2D eigenvalue weighted by Gasteiger charge is 2.03. The van der Waals surface area contributed by atoms with Crippen molar-refractivity contribution in [2.24, 2.45) is 0 Å². The summed E-state index contributed by atoms with van der Waals surface area (Å²) in [6, 6.07) is 18.3. The summed E-state index contributed by atoms with van der Waals surface area (Å²) in [4.78, 5) is 9.03. The molecule has 2 N–H and O–H groups in total. The molecule has 0 aliphatic heterocycles. The number of hydrogen-bond donors (Lipinski definition) is 2. The first-order valence-corrected chi connectivity index (χ1v) is 8.68. The van der Waals surface area contributed by atoms with E-state index < -0.39 is 0 Å². The molecular formula is C21H24N4O. The molecule has 3 rings (SSSR count). The van der Waals surface area contributed by atoms with Crippen LogP contribution < -0.4 is 15.4 Å². The van der Waals surface area contributed by atoms with Crippen LogP contribution in [0.5, 0.6) is 5.75 Å². The third-order valence-corrected chi connectivity index (χ3v) is 4.00. The van der Waals surface area contributed by atoms with E-state index in [4.69, 9.17) is 4.74 Å². The van der Waals surface area contributed by atoms with Crippen molar-refractivity contribution >= 4 is 17.5 Å². The summed E-state index contributed by atoms with van der Waals surface area (Å²) < 4.78 is 5.18. The van der Waals surface area contributed by atoms with Crippen molar-refractivity contribution in [2.75, 3.05) is 24.3 Å². The molecule has 0 bridgehead atoms. The highest BCUT2D eigenvalue weighted by molar-refractivity contribution is 5.58. The van der Waals surface area contributed by atoms with Gasteiger partial charge in [-0.05, 0) is 55.7 Å². The van der Waals surface area contributed by atoms with Gasteiger partial charge in [0.15, 0.2) is 0 Å². The zero-order chi connectivity index (χ0) is 18.4. The maximum absolute atomic E-state index is 5.18. The van der Waals surface area contributed by atoms with Gasteiger partial charge in [-0.15, -0.1) is 0 Å². The zero-order valence-electron chi connectivity index (χ0n) is 15.4. The topological polar surface area (TPSA) is 59.1 Å². The summed E-state index contributed by atoms with van der Waals surface area (Å²) in [7, 11) is 1.67. The van der Waals surface area contributed by atoms with Crippen LogP contribution in [0.3, 0.4) is 0 Å². The van der Waals surface area contributed by atoms with Crippen molar-refractivity contribution in [3.8, 4) is 5.75 Å². The molecule has 0 unspecified atom stereocenters. The van der Waals surface area contributed by atoms with Crippen LogP contribution in [0.2, 0.25) is 0 Å². The lowest BCUT2D eigenvalue weighted by Gasteiger charge is -2.10. The Morgan fingerprint density at radius 1 is 0.962 bits per heavy atom. The van der Waals surface area contributed by atoms with Gasteiger partial charge in [0, 0.05) is 24.0 Å². The quantitative estimate of drug-likeness (QED) is 0.658. The maximum atomic E-state index is 5.18. The zero-order valence-corrected chi connectivity index (χ0v) is 15.4. The van der Waals surface area contributed by atoms with Crippen molar-refractivity contribution < 1.29 is 4.74 Å². The lowest BCUT2D eigenvalue weighted by Crippen LogP contribution is -2.09. The number of aryl methyl sites for hydroxylation is 2. The number of benzene rings is 2. The lowest BCUT2D eigenvalue weighted by atomic mass is 10.1. The molecule has 0 saturated heterocycles. The van der Waals surface area contributed by atoms with Crippen LogP contribution in [0.1, 0.15) is 16.8 Å². The molecule has 0 amide bonds. The van der Waals surface area contributed by atoms with Crippen LogP contribution in [0.15, 0.2) is 54.6 Å². The van der Waals surface area contributed by atoms with Gasteiger partial charge in [0.2, 0.25) is 5.95 Å². The molecule has 0 spiro atoms. The summed E-state index contributed by atoms with van der Waals surface area (Å²) in [5.41, 5.74) is 4.39. The van der Waals surface area contributed by atoms with Gasteiger partial charge < -0.3 is 15.4 Å². The normalized spacial score (nSPS) is 10.4. The second-order valence-corrected chi connectivity index (χ2v) is 6.24. The van der Waals surface area contributed by atoms with E-state index in [1.54, 1.807) is 7.11 Å². The van der Waals surface area contributed by atoms with Gasteiger partial charge in [0.05, 0.1) is 7.11 Å².